The molecule has 0 aromatic heterocycles. The summed E-state index contributed by atoms with van der Waals surface area (Å²) in [6, 6.07) is 0.454. The molecule has 0 radical (unpaired) electrons. The summed E-state index contributed by atoms with van der Waals surface area (Å²) in [5, 5.41) is 12.6. The first-order valence-corrected chi connectivity index (χ1v) is 5.03. The maximum absolute atomic E-state index is 9.17. The molecule has 0 spiro atoms. The summed E-state index contributed by atoms with van der Waals surface area (Å²) in [6.07, 6.45) is 3.89. The fraction of sp³-hybridized carbons (Fsp3) is 0.818. The zero-order valence-electron chi connectivity index (χ0n) is 9.14. The molecule has 0 heterocycles. The van der Waals surface area contributed by atoms with Gasteiger partial charge in [0.25, 0.3) is 0 Å². The highest BCUT2D eigenvalue weighted by molar-refractivity contribution is 4.79. The average molecular weight is 185 g/mol. The molecule has 78 valence electrons. The Labute approximate surface area is 82.0 Å². The summed E-state index contributed by atoms with van der Waals surface area (Å²) in [6.45, 7) is 11.2. The minimum Gasteiger partial charge on any atom is -0.396 e. The molecular formula is C11H23NO. The van der Waals surface area contributed by atoms with E-state index in [2.05, 4.69) is 32.7 Å². The second-order valence-electron chi connectivity index (χ2n) is 4.13. The molecule has 13 heavy (non-hydrogen) atoms. The molecule has 0 aliphatic heterocycles. The molecule has 2 N–H and O–H groups in total. The standard InChI is InChI=1S/C11H23NO/c1-5-7-10(3)12-8-11(4,6-2)9-13/h5,10,12-13H,1,6-9H2,2-4H3. The molecule has 0 aromatic carbocycles. The number of aliphatic hydroxyl groups is 1. The van der Waals surface area contributed by atoms with Crippen LogP contribution in [0.15, 0.2) is 12.7 Å². The maximum atomic E-state index is 9.17. The van der Waals surface area contributed by atoms with Crippen LogP contribution in [0.3, 0.4) is 0 Å². The molecule has 0 amide bonds. The maximum Gasteiger partial charge on any atom is 0.0496 e. The molecule has 0 aliphatic carbocycles. The van der Waals surface area contributed by atoms with Crippen molar-refractivity contribution in [3.05, 3.63) is 12.7 Å². The quantitative estimate of drug-likeness (QED) is 0.594. The van der Waals surface area contributed by atoms with Gasteiger partial charge in [0.05, 0.1) is 0 Å². The molecule has 0 saturated carbocycles. The summed E-state index contributed by atoms with van der Waals surface area (Å²) in [5.74, 6) is 0. The molecule has 2 nitrogen and oxygen atoms in total. The van der Waals surface area contributed by atoms with Gasteiger partial charge in [-0.15, -0.1) is 6.58 Å². The molecule has 2 unspecified atom stereocenters. The van der Waals surface area contributed by atoms with Crippen molar-refractivity contribution in [3.63, 3.8) is 0 Å². The van der Waals surface area contributed by atoms with Gasteiger partial charge >= 0.3 is 0 Å². The topological polar surface area (TPSA) is 32.3 Å². The lowest BCUT2D eigenvalue weighted by molar-refractivity contribution is 0.132. The third-order valence-corrected chi connectivity index (χ3v) is 2.63. The van der Waals surface area contributed by atoms with Gasteiger partial charge < -0.3 is 10.4 Å². The fourth-order valence-corrected chi connectivity index (χ4v) is 1.05. The Balaban J connectivity index is 3.77. The molecule has 0 saturated heterocycles. The number of rotatable bonds is 7. The van der Waals surface area contributed by atoms with Crippen LogP contribution in [0, 0.1) is 5.41 Å². The zero-order chi connectivity index (χ0) is 10.3. The molecule has 0 rings (SSSR count). The molecule has 2 atom stereocenters. The van der Waals surface area contributed by atoms with Crippen LogP contribution in [-0.4, -0.2) is 24.3 Å². The van der Waals surface area contributed by atoms with Crippen molar-refractivity contribution in [2.45, 2.75) is 39.7 Å². The van der Waals surface area contributed by atoms with Crippen LogP contribution in [-0.2, 0) is 0 Å². The van der Waals surface area contributed by atoms with Crippen molar-refractivity contribution in [1.82, 2.24) is 5.32 Å². The first-order chi connectivity index (χ1) is 6.08. The second-order valence-corrected chi connectivity index (χ2v) is 4.13. The Hall–Kier alpha value is -0.340. The van der Waals surface area contributed by atoms with Gasteiger partial charge in [0.2, 0.25) is 0 Å². The molecule has 2 heteroatoms. The SMILES string of the molecule is C=CCC(C)NCC(C)(CC)CO. The average Bonchev–Trinajstić information content (AvgIpc) is 2.15. The van der Waals surface area contributed by atoms with Crippen LogP contribution in [0.1, 0.15) is 33.6 Å². The van der Waals surface area contributed by atoms with Crippen molar-refractivity contribution in [1.29, 1.82) is 0 Å². The minimum absolute atomic E-state index is 0.0232. The van der Waals surface area contributed by atoms with Crippen LogP contribution in [0.5, 0.6) is 0 Å². The Bertz CT molecular complexity index is 141. The second kappa shape index (κ2) is 6.17. The van der Waals surface area contributed by atoms with Gasteiger partial charge in [0.15, 0.2) is 0 Å². The summed E-state index contributed by atoms with van der Waals surface area (Å²) >= 11 is 0. The lowest BCUT2D eigenvalue weighted by Gasteiger charge is -2.27. The van der Waals surface area contributed by atoms with Crippen molar-refractivity contribution >= 4 is 0 Å². The largest absolute Gasteiger partial charge is 0.396 e. The Morgan fingerprint density at radius 2 is 2.23 bits per heavy atom. The van der Waals surface area contributed by atoms with Crippen molar-refractivity contribution in [3.8, 4) is 0 Å². The van der Waals surface area contributed by atoms with E-state index in [0.29, 0.717) is 6.04 Å². The number of aliphatic hydroxyl groups excluding tert-OH is 1. The molecule has 0 fully saturated rings. The summed E-state index contributed by atoms with van der Waals surface area (Å²) in [7, 11) is 0. The first-order valence-electron chi connectivity index (χ1n) is 5.03. The lowest BCUT2D eigenvalue weighted by atomic mass is 9.88. The van der Waals surface area contributed by atoms with Gasteiger partial charge in [0.1, 0.15) is 0 Å². The van der Waals surface area contributed by atoms with Gasteiger partial charge in [-0.1, -0.05) is 19.9 Å². The predicted octanol–water partition coefficient (Wildman–Crippen LogP) is 1.95. The smallest absolute Gasteiger partial charge is 0.0496 e. The summed E-state index contributed by atoms with van der Waals surface area (Å²) in [5.41, 5.74) is 0.0232. The monoisotopic (exact) mass is 185 g/mol. The van der Waals surface area contributed by atoms with E-state index in [0.717, 1.165) is 19.4 Å². The number of nitrogens with one attached hydrogen (secondary N) is 1. The first kappa shape index (κ1) is 12.7. The van der Waals surface area contributed by atoms with E-state index in [-0.39, 0.29) is 12.0 Å². The summed E-state index contributed by atoms with van der Waals surface area (Å²) < 4.78 is 0. The van der Waals surface area contributed by atoms with Crippen LogP contribution in [0.4, 0.5) is 0 Å². The lowest BCUT2D eigenvalue weighted by Crippen LogP contribution is -2.38. The van der Waals surface area contributed by atoms with E-state index in [1.165, 1.54) is 0 Å². The van der Waals surface area contributed by atoms with E-state index < -0.39 is 0 Å². The fourth-order valence-electron chi connectivity index (χ4n) is 1.05. The van der Waals surface area contributed by atoms with Crippen molar-refractivity contribution in [2.75, 3.05) is 13.2 Å². The van der Waals surface area contributed by atoms with Gasteiger partial charge in [0, 0.05) is 24.6 Å². The third kappa shape index (κ3) is 5.06. The minimum atomic E-state index is 0.0232. The van der Waals surface area contributed by atoms with Gasteiger partial charge in [-0.3, -0.25) is 0 Å². The Morgan fingerprint density at radius 3 is 2.62 bits per heavy atom. The number of hydrogen-bond donors (Lipinski definition) is 2. The molecule has 0 aromatic rings. The molecule has 0 aliphatic rings. The Morgan fingerprint density at radius 1 is 1.62 bits per heavy atom. The highest BCUT2D eigenvalue weighted by Gasteiger charge is 2.20. The number of hydrogen-bond acceptors (Lipinski definition) is 2. The highest BCUT2D eigenvalue weighted by Crippen LogP contribution is 2.18. The van der Waals surface area contributed by atoms with E-state index in [4.69, 9.17) is 5.11 Å². The van der Waals surface area contributed by atoms with E-state index in [9.17, 15) is 0 Å². The summed E-state index contributed by atoms with van der Waals surface area (Å²) in [4.78, 5) is 0. The zero-order valence-corrected chi connectivity index (χ0v) is 9.14. The van der Waals surface area contributed by atoms with Crippen molar-refractivity contribution < 1.29 is 5.11 Å². The Kier molecular flexibility index (Phi) is 6.00. The van der Waals surface area contributed by atoms with Crippen LogP contribution >= 0.6 is 0 Å². The van der Waals surface area contributed by atoms with Gasteiger partial charge in [-0.05, 0) is 19.8 Å². The van der Waals surface area contributed by atoms with E-state index in [1.807, 2.05) is 6.08 Å². The van der Waals surface area contributed by atoms with E-state index >= 15 is 0 Å². The normalized spacial score (nSPS) is 17.8. The molecule has 0 bridgehead atoms. The van der Waals surface area contributed by atoms with Crippen LogP contribution in [0.25, 0.3) is 0 Å². The predicted molar refractivity (Wildman–Crippen MR) is 57.8 cm³/mol. The van der Waals surface area contributed by atoms with Gasteiger partial charge in [-0.2, -0.15) is 0 Å². The van der Waals surface area contributed by atoms with Crippen LogP contribution in [0.2, 0.25) is 0 Å². The van der Waals surface area contributed by atoms with Crippen LogP contribution < -0.4 is 5.32 Å². The highest BCUT2D eigenvalue weighted by atomic mass is 16.3. The van der Waals surface area contributed by atoms with E-state index in [1.54, 1.807) is 0 Å². The molecular weight excluding hydrogens is 162 g/mol. The third-order valence-electron chi connectivity index (χ3n) is 2.63. The van der Waals surface area contributed by atoms with Crippen molar-refractivity contribution in [2.24, 2.45) is 5.41 Å². The van der Waals surface area contributed by atoms with Gasteiger partial charge in [-0.25, -0.2) is 0 Å².